The highest BCUT2D eigenvalue weighted by Gasteiger charge is 2.08. The number of aliphatic hydroxyl groups is 1. The van der Waals surface area contributed by atoms with E-state index in [1.165, 1.54) is 0 Å². The minimum absolute atomic E-state index is 0.464. The van der Waals surface area contributed by atoms with E-state index in [-0.39, 0.29) is 0 Å². The van der Waals surface area contributed by atoms with E-state index in [0.29, 0.717) is 0 Å². The predicted molar refractivity (Wildman–Crippen MR) is 54.5 cm³/mol. The van der Waals surface area contributed by atoms with Gasteiger partial charge >= 0.3 is 0 Å². The molecule has 0 aliphatic rings. The Balaban J connectivity index is 2.69. The average Bonchev–Trinajstić information content (AvgIpc) is 2.48. The van der Waals surface area contributed by atoms with E-state index >= 15 is 0 Å². The minimum Gasteiger partial charge on any atom is -0.471 e. The Morgan fingerprint density at radius 2 is 1.92 bits per heavy atom. The van der Waals surface area contributed by atoms with Gasteiger partial charge in [-0.1, -0.05) is 15.9 Å². The fourth-order valence-corrected chi connectivity index (χ4v) is 2.02. The summed E-state index contributed by atoms with van der Waals surface area (Å²) in [7, 11) is 0. The summed E-state index contributed by atoms with van der Waals surface area (Å²) in [5.74, 6) is 0. The summed E-state index contributed by atoms with van der Waals surface area (Å²) >= 11 is 3.40. The van der Waals surface area contributed by atoms with Gasteiger partial charge < -0.3 is 9.52 Å². The molecule has 0 aliphatic heterocycles. The largest absolute Gasteiger partial charge is 0.471 e. The maximum Gasteiger partial charge on any atom is 0.0981 e. The molecule has 0 bridgehead atoms. The number of furan rings is 1. The van der Waals surface area contributed by atoms with Gasteiger partial charge in [0.1, 0.15) is 0 Å². The van der Waals surface area contributed by atoms with Gasteiger partial charge in [-0.15, -0.1) is 0 Å². The van der Waals surface area contributed by atoms with Crippen LogP contribution in [0.3, 0.4) is 0 Å². The quantitative estimate of drug-likeness (QED) is 0.831. The molecular formula is C10H9BrO2. The third-order valence-corrected chi connectivity index (χ3v) is 2.73. The van der Waals surface area contributed by atoms with Crippen LogP contribution in [0.15, 0.2) is 33.5 Å². The summed E-state index contributed by atoms with van der Waals surface area (Å²) in [6.07, 6.45) is 2.90. The Labute approximate surface area is 84.3 Å². The summed E-state index contributed by atoms with van der Waals surface area (Å²) in [6.45, 7) is 1.74. The van der Waals surface area contributed by atoms with Crippen molar-refractivity contribution in [3.8, 4) is 0 Å². The fraction of sp³-hybridized carbons (Fsp3) is 0.200. The number of aliphatic hydroxyl groups excluding tert-OH is 1. The lowest BCUT2D eigenvalue weighted by molar-refractivity contribution is 0.198. The molecule has 0 aliphatic carbocycles. The van der Waals surface area contributed by atoms with E-state index in [0.717, 1.165) is 20.8 Å². The molecule has 0 saturated heterocycles. The molecule has 2 nitrogen and oxygen atoms in total. The lowest BCUT2D eigenvalue weighted by Gasteiger charge is -2.06. The molecule has 1 atom stereocenters. The van der Waals surface area contributed by atoms with Crippen LogP contribution in [0.4, 0.5) is 0 Å². The summed E-state index contributed by atoms with van der Waals surface area (Å²) in [5, 5.41) is 11.5. The summed E-state index contributed by atoms with van der Waals surface area (Å²) < 4.78 is 5.97. The van der Waals surface area contributed by atoms with Crippen molar-refractivity contribution in [1.82, 2.24) is 0 Å². The van der Waals surface area contributed by atoms with E-state index in [4.69, 9.17) is 4.42 Å². The van der Waals surface area contributed by atoms with Gasteiger partial charge in [0.15, 0.2) is 0 Å². The maximum absolute atomic E-state index is 9.44. The van der Waals surface area contributed by atoms with Gasteiger partial charge in [-0.05, 0) is 24.6 Å². The van der Waals surface area contributed by atoms with Crippen LogP contribution >= 0.6 is 15.9 Å². The molecular weight excluding hydrogens is 232 g/mol. The van der Waals surface area contributed by atoms with Crippen LogP contribution in [0.2, 0.25) is 0 Å². The van der Waals surface area contributed by atoms with Crippen molar-refractivity contribution in [2.75, 3.05) is 0 Å². The molecule has 1 N–H and O–H groups in total. The zero-order valence-corrected chi connectivity index (χ0v) is 8.71. The molecule has 68 valence electrons. The number of hydrogen-bond acceptors (Lipinski definition) is 2. The molecule has 0 spiro atoms. The number of fused-ring (bicyclic) bond motifs is 1. The van der Waals surface area contributed by atoms with Crippen LogP contribution in [0.25, 0.3) is 10.8 Å². The van der Waals surface area contributed by atoms with Crippen LogP contribution in [0.5, 0.6) is 0 Å². The molecule has 2 aromatic rings. The van der Waals surface area contributed by atoms with Crippen molar-refractivity contribution in [3.05, 3.63) is 34.7 Å². The molecule has 0 fully saturated rings. The van der Waals surface area contributed by atoms with Gasteiger partial charge in [-0.3, -0.25) is 0 Å². The zero-order chi connectivity index (χ0) is 9.42. The topological polar surface area (TPSA) is 33.4 Å². The number of benzene rings is 1. The maximum atomic E-state index is 9.44. The molecule has 2 rings (SSSR count). The van der Waals surface area contributed by atoms with Crippen molar-refractivity contribution in [2.45, 2.75) is 13.0 Å². The van der Waals surface area contributed by atoms with E-state index < -0.39 is 6.10 Å². The molecule has 1 aromatic heterocycles. The van der Waals surface area contributed by atoms with Crippen molar-refractivity contribution >= 4 is 26.7 Å². The molecule has 3 heteroatoms. The second kappa shape index (κ2) is 3.16. The number of hydrogen-bond donors (Lipinski definition) is 1. The first-order chi connectivity index (χ1) is 6.18. The second-order valence-electron chi connectivity index (χ2n) is 3.05. The fourth-order valence-electron chi connectivity index (χ4n) is 1.33. The van der Waals surface area contributed by atoms with Crippen LogP contribution < -0.4 is 0 Å². The molecule has 1 heterocycles. The zero-order valence-electron chi connectivity index (χ0n) is 7.12. The van der Waals surface area contributed by atoms with Crippen LogP contribution in [-0.4, -0.2) is 5.11 Å². The summed E-state index contributed by atoms with van der Waals surface area (Å²) in [4.78, 5) is 0. The highest BCUT2D eigenvalue weighted by atomic mass is 79.9. The number of rotatable bonds is 1. The molecule has 1 aromatic carbocycles. The first-order valence-electron chi connectivity index (χ1n) is 4.02. The smallest absolute Gasteiger partial charge is 0.0981 e. The SMILES string of the molecule is CC(O)c1cc2cocc2cc1Br. The minimum atomic E-state index is -0.464. The normalized spacial score (nSPS) is 13.5. The van der Waals surface area contributed by atoms with Gasteiger partial charge in [0, 0.05) is 15.2 Å². The average molecular weight is 241 g/mol. The van der Waals surface area contributed by atoms with Crippen molar-refractivity contribution < 1.29 is 9.52 Å². The Hall–Kier alpha value is -0.800. The van der Waals surface area contributed by atoms with E-state index in [9.17, 15) is 5.11 Å². The second-order valence-corrected chi connectivity index (χ2v) is 3.90. The van der Waals surface area contributed by atoms with Crippen LogP contribution in [0.1, 0.15) is 18.6 Å². The molecule has 1 unspecified atom stereocenters. The van der Waals surface area contributed by atoms with Crippen molar-refractivity contribution in [2.24, 2.45) is 0 Å². The molecule has 0 amide bonds. The highest BCUT2D eigenvalue weighted by Crippen LogP contribution is 2.29. The van der Waals surface area contributed by atoms with Crippen molar-refractivity contribution in [1.29, 1.82) is 0 Å². The Morgan fingerprint density at radius 1 is 1.31 bits per heavy atom. The third-order valence-electron chi connectivity index (χ3n) is 2.04. The van der Waals surface area contributed by atoms with Gasteiger partial charge in [-0.25, -0.2) is 0 Å². The van der Waals surface area contributed by atoms with Gasteiger partial charge in [-0.2, -0.15) is 0 Å². The van der Waals surface area contributed by atoms with Gasteiger partial charge in [0.2, 0.25) is 0 Å². The lowest BCUT2D eigenvalue weighted by Crippen LogP contribution is -1.91. The standard InChI is InChI=1S/C10H9BrO2/c1-6(12)9-2-7-4-13-5-8(7)3-10(9)11/h2-6,12H,1H3. The van der Waals surface area contributed by atoms with Crippen LogP contribution in [-0.2, 0) is 0 Å². The predicted octanol–water partition coefficient (Wildman–Crippen LogP) is 3.25. The lowest BCUT2D eigenvalue weighted by atomic mass is 10.1. The summed E-state index contributed by atoms with van der Waals surface area (Å²) in [6, 6.07) is 3.87. The van der Waals surface area contributed by atoms with Crippen LogP contribution in [0, 0.1) is 0 Å². The van der Waals surface area contributed by atoms with E-state index in [2.05, 4.69) is 15.9 Å². The van der Waals surface area contributed by atoms with E-state index in [1.807, 2.05) is 12.1 Å². The first kappa shape index (κ1) is 8.78. The monoisotopic (exact) mass is 240 g/mol. The van der Waals surface area contributed by atoms with Gasteiger partial charge in [0.25, 0.3) is 0 Å². The molecule has 0 radical (unpaired) electrons. The first-order valence-corrected chi connectivity index (χ1v) is 4.81. The Bertz CT molecular complexity index is 431. The molecule has 0 saturated carbocycles. The third kappa shape index (κ3) is 1.49. The highest BCUT2D eigenvalue weighted by molar-refractivity contribution is 9.10. The molecule has 13 heavy (non-hydrogen) atoms. The van der Waals surface area contributed by atoms with E-state index in [1.54, 1.807) is 19.5 Å². The van der Waals surface area contributed by atoms with Gasteiger partial charge in [0.05, 0.1) is 18.6 Å². The van der Waals surface area contributed by atoms with Crippen molar-refractivity contribution in [3.63, 3.8) is 0 Å². The number of halogens is 1. The Morgan fingerprint density at radius 3 is 2.54 bits per heavy atom. The summed E-state index contributed by atoms with van der Waals surface area (Å²) in [5.41, 5.74) is 0.883. The Kier molecular flexibility index (Phi) is 2.14.